The normalized spacial score (nSPS) is 14.9. The van der Waals surface area contributed by atoms with Gasteiger partial charge in [-0.05, 0) is 91.3 Å². The summed E-state index contributed by atoms with van der Waals surface area (Å²) in [5.41, 5.74) is 6.30. The molecule has 170 valence electrons. The third-order valence-electron chi connectivity index (χ3n) is 6.07. The fraction of sp³-hybridized carbons (Fsp3) is 0.111. The second-order valence-corrected chi connectivity index (χ2v) is 9.70. The number of hydrogen-bond donors (Lipinski definition) is 1. The molecule has 34 heavy (non-hydrogen) atoms. The lowest BCUT2D eigenvalue weighted by Crippen LogP contribution is -2.30. The van der Waals surface area contributed by atoms with Crippen LogP contribution in [0, 0.1) is 19.7 Å². The maximum absolute atomic E-state index is 13.3. The van der Waals surface area contributed by atoms with Crippen molar-refractivity contribution in [2.45, 2.75) is 20.4 Å². The minimum Gasteiger partial charge on any atom is -0.342 e. The Bertz CT molecular complexity index is 1490. The molecule has 1 aliphatic rings. The lowest BCUT2D eigenvalue weighted by atomic mass is 10.1. The fourth-order valence-electron chi connectivity index (χ4n) is 4.12. The molecule has 1 aliphatic heterocycles. The second kappa shape index (κ2) is 8.81. The van der Waals surface area contributed by atoms with Crippen LogP contribution < -0.4 is 10.2 Å². The van der Waals surface area contributed by atoms with Crippen molar-refractivity contribution in [1.29, 1.82) is 0 Å². The quantitative estimate of drug-likeness (QED) is 0.241. The molecule has 1 aromatic heterocycles. The van der Waals surface area contributed by atoms with Gasteiger partial charge in [-0.1, -0.05) is 34.1 Å². The fourth-order valence-corrected chi connectivity index (χ4v) is 4.78. The Morgan fingerprint density at radius 3 is 2.53 bits per heavy atom. The van der Waals surface area contributed by atoms with Crippen molar-refractivity contribution in [1.82, 2.24) is 9.88 Å². The average molecular weight is 534 g/mol. The number of aromatic nitrogens is 1. The van der Waals surface area contributed by atoms with E-state index in [-0.39, 0.29) is 11.7 Å². The maximum Gasteiger partial charge on any atom is 0.281 e. The first-order chi connectivity index (χ1) is 16.3. The lowest BCUT2D eigenvalue weighted by Gasteiger charge is -2.15. The zero-order valence-corrected chi connectivity index (χ0v) is 21.0. The summed E-state index contributed by atoms with van der Waals surface area (Å²) in [4.78, 5) is 14.8. The number of aryl methyl sites for hydroxylation is 2. The molecule has 0 spiro atoms. The molecule has 1 N–H and O–H groups in total. The number of nitrogens with zero attached hydrogens (tertiary/aromatic N) is 2. The van der Waals surface area contributed by atoms with Crippen molar-refractivity contribution in [3.05, 3.63) is 105 Å². The molecule has 0 unspecified atom stereocenters. The summed E-state index contributed by atoms with van der Waals surface area (Å²) in [6.07, 6.45) is 3.84. The van der Waals surface area contributed by atoms with Crippen molar-refractivity contribution >= 4 is 61.8 Å². The van der Waals surface area contributed by atoms with Gasteiger partial charge in [0.1, 0.15) is 11.5 Å². The lowest BCUT2D eigenvalue weighted by molar-refractivity contribution is -0.113. The smallest absolute Gasteiger partial charge is 0.281 e. The maximum atomic E-state index is 13.3. The Kier molecular flexibility index (Phi) is 5.83. The SMILES string of the molecule is Cc1ccc(N2C(=O)/C(=C/c3cn(Cc4ccc(F)cc4)c4ccc(Br)cc34)NC2=S)cc1C. The molecule has 1 fully saturated rings. The highest BCUT2D eigenvalue weighted by Gasteiger charge is 2.32. The van der Waals surface area contributed by atoms with Gasteiger partial charge in [0.15, 0.2) is 5.11 Å². The summed E-state index contributed by atoms with van der Waals surface area (Å²) >= 11 is 9.05. The number of carbonyl (C=O) groups is 1. The highest BCUT2D eigenvalue weighted by molar-refractivity contribution is 9.10. The van der Waals surface area contributed by atoms with Gasteiger partial charge in [0, 0.05) is 33.7 Å². The molecule has 1 saturated heterocycles. The summed E-state index contributed by atoms with van der Waals surface area (Å²) in [6, 6.07) is 18.4. The molecule has 7 heteroatoms. The number of halogens is 2. The van der Waals surface area contributed by atoms with Crippen LogP contribution in [0.5, 0.6) is 0 Å². The van der Waals surface area contributed by atoms with E-state index in [1.807, 2.05) is 62.5 Å². The third-order valence-corrected chi connectivity index (χ3v) is 6.84. The van der Waals surface area contributed by atoms with Gasteiger partial charge in [-0.3, -0.25) is 9.69 Å². The molecule has 1 amide bonds. The number of thiocarbonyl (C=S) groups is 1. The number of benzene rings is 3. The van der Waals surface area contributed by atoms with Gasteiger partial charge < -0.3 is 9.88 Å². The van der Waals surface area contributed by atoms with E-state index in [0.29, 0.717) is 17.4 Å². The van der Waals surface area contributed by atoms with Crippen molar-refractivity contribution < 1.29 is 9.18 Å². The first-order valence-electron chi connectivity index (χ1n) is 10.8. The molecule has 4 nitrogen and oxygen atoms in total. The van der Waals surface area contributed by atoms with Crippen LogP contribution >= 0.6 is 28.1 Å². The molecule has 0 saturated carbocycles. The van der Waals surface area contributed by atoms with Gasteiger partial charge in [0.25, 0.3) is 5.91 Å². The summed E-state index contributed by atoms with van der Waals surface area (Å²) in [7, 11) is 0. The standard InChI is InChI=1S/C27H21BrFN3OS/c1-16-3-9-22(11-17(16)2)32-26(33)24(30-27(32)34)12-19-15-31(14-18-4-7-21(29)8-5-18)25-10-6-20(28)13-23(19)25/h3-13,15H,14H2,1-2H3,(H,30,34)/b24-12-. The predicted octanol–water partition coefficient (Wildman–Crippen LogP) is 6.47. The Morgan fingerprint density at radius 2 is 1.79 bits per heavy atom. The number of anilines is 1. The number of nitrogens with one attached hydrogen (secondary N) is 1. The second-order valence-electron chi connectivity index (χ2n) is 8.40. The molecule has 0 radical (unpaired) electrons. The van der Waals surface area contributed by atoms with Crippen LogP contribution in [0.25, 0.3) is 17.0 Å². The molecule has 5 rings (SSSR count). The van der Waals surface area contributed by atoms with Gasteiger partial charge in [-0.15, -0.1) is 0 Å². The molecule has 0 bridgehead atoms. The van der Waals surface area contributed by atoms with Crippen LogP contribution in [0.1, 0.15) is 22.3 Å². The molecule has 0 aliphatic carbocycles. The summed E-state index contributed by atoms with van der Waals surface area (Å²) < 4.78 is 16.4. The van der Waals surface area contributed by atoms with E-state index in [4.69, 9.17) is 12.2 Å². The minimum absolute atomic E-state index is 0.192. The van der Waals surface area contributed by atoms with Crippen LogP contribution in [0.4, 0.5) is 10.1 Å². The van der Waals surface area contributed by atoms with E-state index >= 15 is 0 Å². The van der Waals surface area contributed by atoms with E-state index in [2.05, 4.69) is 25.8 Å². The minimum atomic E-state index is -0.259. The molecule has 2 heterocycles. The van der Waals surface area contributed by atoms with Crippen molar-refractivity contribution in [2.24, 2.45) is 0 Å². The molecule has 4 aromatic rings. The number of hydrogen-bond acceptors (Lipinski definition) is 2. The van der Waals surface area contributed by atoms with E-state index in [1.54, 1.807) is 12.1 Å². The van der Waals surface area contributed by atoms with Gasteiger partial charge in [0.2, 0.25) is 0 Å². The Balaban J connectivity index is 1.54. The summed E-state index contributed by atoms with van der Waals surface area (Å²) in [6.45, 7) is 4.63. The molecule has 3 aromatic carbocycles. The van der Waals surface area contributed by atoms with Crippen molar-refractivity contribution in [3.8, 4) is 0 Å². The highest BCUT2D eigenvalue weighted by Crippen LogP contribution is 2.30. The van der Waals surface area contributed by atoms with Crippen LogP contribution in [-0.4, -0.2) is 15.6 Å². The highest BCUT2D eigenvalue weighted by atomic mass is 79.9. The third kappa shape index (κ3) is 4.17. The van der Waals surface area contributed by atoms with Crippen LogP contribution in [-0.2, 0) is 11.3 Å². The first kappa shape index (κ1) is 22.5. The van der Waals surface area contributed by atoms with Crippen LogP contribution in [0.2, 0.25) is 0 Å². The summed E-state index contributed by atoms with van der Waals surface area (Å²) in [5.74, 6) is -0.451. The average Bonchev–Trinajstić information content (AvgIpc) is 3.27. The van der Waals surface area contributed by atoms with Gasteiger partial charge in [-0.2, -0.15) is 0 Å². The summed E-state index contributed by atoms with van der Waals surface area (Å²) in [5, 5.41) is 4.44. The van der Waals surface area contributed by atoms with E-state index < -0.39 is 0 Å². The number of carbonyl (C=O) groups excluding carboxylic acids is 1. The van der Waals surface area contributed by atoms with Crippen molar-refractivity contribution in [2.75, 3.05) is 4.90 Å². The van der Waals surface area contributed by atoms with Crippen LogP contribution in [0.15, 0.2) is 77.0 Å². The van der Waals surface area contributed by atoms with Crippen molar-refractivity contribution in [3.63, 3.8) is 0 Å². The zero-order valence-electron chi connectivity index (χ0n) is 18.6. The van der Waals surface area contributed by atoms with E-state index in [9.17, 15) is 9.18 Å². The molecule has 0 atom stereocenters. The Labute approximate surface area is 210 Å². The van der Waals surface area contributed by atoms with E-state index in [0.717, 1.165) is 43.3 Å². The van der Waals surface area contributed by atoms with Gasteiger partial charge in [-0.25, -0.2) is 4.39 Å². The Hall–Kier alpha value is -3.29. The monoisotopic (exact) mass is 533 g/mol. The first-order valence-corrected chi connectivity index (χ1v) is 12.0. The van der Waals surface area contributed by atoms with E-state index in [1.165, 1.54) is 17.0 Å². The number of fused-ring (bicyclic) bond motifs is 1. The van der Waals surface area contributed by atoms with Gasteiger partial charge >= 0.3 is 0 Å². The topological polar surface area (TPSA) is 37.3 Å². The molecular formula is C27H21BrFN3OS. The Morgan fingerprint density at radius 1 is 1.03 bits per heavy atom. The number of amides is 1. The van der Waals surface area contributed by atoms with Crippen LogP contribution in [0.3, 0.4) is 0 Å². The predicted molar refractivity (Wildman–Crippen MR) is 142 cm³/mol. The largest absolute Gasteiger partial charge is 0.342 e. The zero-order chi connectivity index (χ0) is 24.0. The van der Waals surface area contributed by atoms with Gasteiger partial charge in [0.05, 0.1) is 5.69 Å². The molecular weight excluding hydrogens is 513 g/mol. The number of rotatable bonds is 4.